The number of sulfone groups is 1. The Balaban J connectivity index is 2.56. The second-order valence-electron chi connectivity index (χ2n) is 3.39. The molecule has 76 valence electrons. The lowest BCUT2D eigenvalue weighted by Crippen LogP contribution is -2.11. The van der Waals surface area contributed by atoms with Gasteiger partial charge in [-0.2, -0.15) is 0 Å². The lowest BCUT2D eigenvalue weighted by atomic mass is 10.1. The van der Waals surface area contributed by atoms with Gasteiger partial charge in [0, 0.05) is 11.8 Å². The Morgan fingerprint density at radius 1 is 1.50 bits per heavy atom. The summed E-state index contributed by atoms with van der Waals surface area (Å²) in [5.41, 5.74) is 6.51. The van der Waals surface area contributed by atoms with Crippen LogP contribution in [0, 0.1) is 0 Å². The number of hydrogen-bond acceptors (Lipinski definition) is 4. The Bertz CT molecular complexity index is 467. The van der Waals surface area contributed by atoms with Gasteiger partial charge in [0.25, 0.3) is 0 Å². The Morgan fingerprint density at radius 3 is 2.86 bits per heavy atom. The van der Waals surface area contributed by atoms with Crippen LogP contribution < -0.4 is 10.5 Å². The molecule has 0 amide bonds. The molecule has 5 heteroatoms. The molecule has 0 saturated heterocycles. The minimum Gasteiger partial charge on any atom is -0.491 e. The van der Waals surface area contributed by atoms with Crippen LogP contribution in [-0.2, 0) is 9.84 Å². The van der Waals surface area contributed by atoms with Crippen molar-refractivity contribution in [2.75, 3.05) is 12.9 Å². The summed E-state index contributed by atoms with van der Waals surface area (Å²) in [4.78, 5) is 0.289. The fourth-order valence-corrected chi connectivity index (χ4v) is 2.10. The zero-order chi connectivity index (χ0) is 10.3. The molecule has 1 aliphatic rings. The molecular weight excluding hydrogens is 202 g/mol. The van der Waals surface area contributed by atoms with E-state index in [-0.39, 0.29) is 10.9 Å². The van der Waals surface area contributed by atoms with Gasteiger partial charge in [-0.05, 0) is 18.2 Å². The number of hydrogen-bond donors (Lipinski definition) is 1. The van der Waals surface area contributed by atoms with E-state index in [1.807, 2.05) is 0 Å². The van der Waals surface area contributed by atoms with E-state index in [0.29, 0.717) is 12.4 Å². The normalized spacial score (nSPS) is 20.3. The average molecular weight is 213 g/mol. The van der Waals surface area contributed by atoms with Crippen LogP contribution in [0.25, 0.3) is 0 Å². The molecule has 1 unspecified atom stereocenters. The topological polar surface area (TPSA) is 69.4 Å². The van der Waals surface area contributed by atoms with Gasteiger partial charge in [-0.1, -0.05) is 0 Å². The van der Waals surface area contributed by atoms with Crippen molar-refractivity contribution in [1.82, 2.24) is 0 Å². The summed E-state index contributed by atoms with van der Waals surface area (Å²) < 4.78 is 27.8. The fourth-order valence-electron chi connectivity index (χ4n) is 1.45. The standard InChI is InChI=1S/C9H11NO3S/c1-14(11,12)6-2-3-9-7(4-6)8(10)5-13-9/h2-4,8H,5,10H2,1H3. The molecule has 4 nitrogen and oxygen atoms in total. The van der Waals surface area contributed by atoms with Crippen LogP contribution in [0.4, 0.5) is 0 Å². The van der Waals surface area contributed by atoms with Gasteiger partial charge in [0.05, 0.1) is 10.9 Å². The first-order valence-corrected chi connectivity index (χ1v) is 6.10. The van der Waals surface area contributed by atoms with Crippen molar-refractivity contribution in [2.24, 2.45) is 5.73 Å². The first-order valence-electron chi connectivity index (χ1n) is 4.21. The van der Waals surface area contributed by atoms with Crippen LogP contribution in [-0.4, -0.2) is 21.3 Å². The second-order valence-corrected chi connectivity index (χ2v) is 5.41. The molecule has 0 radical (unpaired) electrons. The Labute approximate surface area is 82.6 Å². The molecule has 0 saturated carbocycles. The van der Waals surface area contributed by atoms with E-state index in [4.69, 9.17) is 10.5 Å². The summed E-state index contributed by atoms with van der Waals surface area (Å²) in [5, 5.41) is 0. The van der Waals surface area contributed by atoms with E-state index in [1.54, 1.807) is 12.1 Å². The number of rotatable bonds is 1. The molecule has 1 heterocycles. The largest absolute Gasteiger partial charge is 0.491 e. The average Bonchev–Trinajstić information content (AvgIpc) is 2.46. The summed E-state index contributed by atoms with van der Waals surface area (Å²) in [7, 11) is -3.16. The van der Waals surface area contributed by atoms with Crippen molar-refractivity contribution in [1.29, 1.82) is 0 Å². The van der Waals surface area contributed by atoms with E-state index in [9.17, 15) is 8.42 Å². The van der Waals surface area contributed by atoms with Gasteiger partial charge in [0.2, 0.25) is 0 Å². The Hall–Kier alpha value is -1.07. The molecule has 2 N–H and O–H groups in total. The highest BCUT2D eigenvalue weighted by atomic mass is 32.2. The second kappa shape index (κ2) is 2.96. The van der Waals surface area contributed by atoms with Crippen LogP contribution in [0.2, 0.25) is 0 Å². The van der Waals surface area contributed by atoms with Crippen LogP contribution >= 0.6 is 0 Å². The third-order valence-corrected chi connectivity index (χ3v) is 3.34. The predicted octanol–water partition coefficient (Wildman–Crippen LogP) is 0.482. The smallest absolute Gasteiger partial charge is 0.175 e. The van der Waals surface area contributed by atoms with Gasteiger partial charge in [-0.15, -0.1) is 0 Å². The molecule has 0 spiro atoms. The van der Waals surface area contributed by atoms with Crippen molar-refractivity contribution >= 4 is 9.84 Å². The SMILES string of the molecule is CS(=O)(=O)c1ccc2c(c1)C(N)CO2. The van der Waals surface area contributed by atoms with Gasteiger partial charge in [0.15, 0.2) is 9.84 Å². The third kappa shape index (κ3) is 1.49. The van der Waals surface area contributed by atoms with Gasteiger partial charge in [-0.3, -0.25) is 0 Å². The maximum Gasteiger partial charge on any atom is 0.175 e. The minimum absolute atomic E-state index is 0.216. The molecular formula is C9H11NO3S. The monoisotopic (exact) mass is 213 g/mol. The predicted molar refractivity (Wildman–Crippen MR) is 52.0 cm³/mol. The Kier molecular flexibility index (Phi) is 2.01. The molecule has 1 atom stereocenters. The third-order valence-electron chi connectivity index (χ3n) is 2.23. The highest BCUT2D eigenvalue weighted by molar-refractivity contribution is 7.90. The number of fused-ring (bicyclic) bond motifs is 1. The molecule has 0 aromatic heterocycles. The Morgan fingerprint density at radius 2 is 2.21 bits per heavy atom. The lowest BCUT2D eigenvalue weighted by Gasteiger charge is -2.03. The zero-order valence-corrected chi connectivity index (χ0v) is 8.54. The molecule has 14 heavy (non-hydrogen) atoms. The van der Waals surface area contributed by atoms with Crippen LogP contribution in [0.1, 0.15) is 11.6 Å². The van der Waals surface area contributed by atoms with Crippen molar-refractivity contribution in [3.63, 3.8) is 0 Å². The molecule has 0 bridgehead atoms. The summed E-state index contributed by atoms with van der Waals surface area (Å²) in [5.74, 6) is 0.685. The maximum absolute atomic E-state index is 11.3. The number of benzene rings is 1. The van der Waals surface area contributed by atoms with Gasteiger partial charge in [-0.25, -0.2) is 8.42 Å². The molecule has 1 aromatic carbocycles. The van der Waals surface area contributed by atoms with Crippen LogP contribution in [0.5, 0.6) is 5.75 Å². The van der Waals surface area contributed by atoms with Gasteiger partial charge in [0.1, 0.15) is 12.4 Å². The van der Waals surface area contributed by atoms with Crippen LogP contribution in [0.3, 0.4) is 0 Å². The van der Waals surface area contributed by atoms with E-state index >= 15 is 0 Å². The molecule has 1 aromatic rings. The van der Waals surface area contributed by atoms with Gasteiger partial charge >= 0.3 is 0 Å². The first-order chi connectivity index (χ1) is 6.48. The van der Waals surface area contributed by atoms with Crippen molar-refractivity contribution in [3.05, 3.63) is 23.8 Å². The van der Waals surface area contributed by atoms with Crippen molar-refractivity contribution in [2.45, 2.75) is 10.9 Å². The molecule has 0 aliphatic carbocycles. The summed E-state index contributed by atoms with van der Waals surface area (Å²) in [6, 6.07) is 4.55. The van der Waals surface area contributed by atoms with Crippen molar-refractivity contribution < 1.29 is 13.2 Å². The van der Waals surface area contributed by atoms with Crippen molar-refractivity contribution in [3.8, 4) is 5.75 Å². The number of nitrogens with two attached hydrogens (primary N) is 1. The lowest BCUT2D eigenvalue weighted by molar-refractivity contribution is 0.333. The highest BCUT2D eigenvalue weighted by Gasteiger charge is 2.22. The summed E-state index contributed by atoms with van der Waals surface area (Å²) in [6.45, 7) is 0.419. The molecule has 1 aliphatic heterocycles. The zero-order valence-electron chi connectivity index (χ0n) is 7.73. The van der Waals surface area contributed by atoms with E-state index in [2.05, 4.69) is 0 Å². The van der Waals surface area contributed by atoms with E-state index in [0.717, 1.165) is 5.56 Å². The summed E-state index contributed by atoms with van der Waals surface area (Å²) >= 11 is 0. The molecule has 0 fully saturated rings. The fraction of sp³-hybridized carbons (Fsp3) is 0.333. The van der Waals surface area contributed by atoms with Gasteiger partial charge < -0.3 is 10.5 Å². The minimum atomic E-state index is -3.16. The highest BCUT2D eigenvalue weighted by Crippen LogP contribution is 2.32. The quantitative estimate of drug-likeness (QED) is 0.736. The number of ether oxygens (including phenoxy) is 1. The van der Waals surface area contributed by atoms with E-state index < -0.39 is 9.84 Å². The maximum atomic E-state index is 11.3. The van der Waals surface area contributed by atoms with Crippen LogP contribution in [0.15, 0.2) is 23.1 Å². The van der Waals surface area contributed by atoms with E-state index in [1.165, 1.54) is 12.3 Å². The molecule has 2 rings (SSSR count). The summed E-state index contributed by atoms with van der Waals surface area (Å²) in [6.07, 6.45) is 1.18. The first kappa shape index (κ1) is 9.48.